The molecular formula is C24H18ClF3N10O2S. The third-order valence-corrected chi connectivity index (χ3v) is 7.43. The molecule has 41 heavy (non-hydrogen) atoms. The lowest BCUT2D eigenvalue weighted by atomic mass is 10.0. The van der Waals surface area contributed by atoms with Crippen molar-refractivity contribution in [2.24, 2.45) is 0 Å². The summed E-state index contributed by atoms with van der Waals surface area (Å²) in [6, 6.07) is 9.29. The summed E-state index contributed by atoms with van der Waals surface area (Å²) in [5.41, 5.74) is 0.967. The summed E-state index contributed by atoms with van der Waals surface area (Å²) in [7, 11) is 0. The summed E-state index contributed by atoms with van der Waals surface area (Å²) in [6.45, 7) is 1.28. The van der Waals surface area contributed by atoms with Crippen LogP contribution in [0.2, 0.25) is 5.02 Å². The molecule has 1 aliphatic heterocycles. The fraction of sp³-hybridized carbons (Fsp3) is 0.250. The van der Waals surface area contributed by atoms with Gasteiger partial charge in [0.05, 0.1) is 33.6 Å². The third kappa shape index (κ3) is 6.00. The smallest absolute Gasteiger partial charge is 0.348 e. The largest absolute Gasteiger partial charge is 0.455 e. The molecule has 1 saturated heterocycles. The molecule has 2 amide bonds. The number of aryl methyl sites for hydroxylation is 1. The van der Waals surface area contributed by atoms with E-state index in [1.807, 2.05) is 6.07 Å². The number of anilines is 1. The minimum atomic E-state index is -4.79. The number of nitrogens with one attached hydrogen (secondary N) is 2. The number of hydrogen-bond donors (Lipinski definition) is 2. The molecule has 1 aliphatic rings. The van der Waals surface area contributed by atoms with Crippen LogP contribution in [0.25, 0.3) is 5.82 Å². The molecule has 1 fully saturated rings. The van der Waals surface area contributed by atoms with Gasteiger partial charge in [-0.2, -0.15) is 40.1 Å². The van der Waals surface area contributed by atoms with Crippen LogP contribution in [0.15, 0.2) is 36.5 Å². The average molecular weight is 603 g/mol. The second-order valence-corrected chi connectivity index (χ2v) is 10.4. The molecule has 4 aromatic rings. The molecule has 17 heteroatoms. The normalized spacial score (nSPS) is 13.4. The second-order valence-electron chi connectivity index (χ2n) is 8.87. The highest BCUT2D eigenvalue weighted by Gasteiger charge is 2.37. The number of amides is 2. The first kappa shape index (κ1) is 28.1. The van der Waals surface area contributed by atoms with E-state index < -0.39 is 23.8 Å². The van der Waals surface area contributed by atoms with Crippen molar-refractivity contribution in [3.8, 4) is 11.9 Å². The lowest BCUT2D eigenvalue weighted by Gasteiger charge is -2.26. The summed E-state index contributed by atoms with van der Waals surface area (Å²) in [5.74, 6) is -1.03. The molecule has 5 rings (SSSR count). The highest BCUT2D eigenvalue weighted by atomic mass is 35.5. The maximum atomic E-state index is 13.6. The number of thioether (sulfide) groups is 1. The molecule has 1 aromatic carbocycles. The van der Waals surface area contributed by atoms with Crippen molar-refractivity contribution in [2.45, 2.75) is 25.7 Å². The summed E-state index contributed by atoms with van der Waals surface area (Å²) >= 11 is 7.98. The molecule has 4 heterocycles. The average Bonchev–Trinajstić information content (AvgIpc) is 3.55. The van der Waals surface area contributed by atoms with Crippen LogP contribution in [0.1, 0.15) is 43.5 Å². The van der Waals surface area contributed by atoms with Crippen molar-refractivity contribution in [3.05, 3.63) is 75.5 Å². The zero-order valence-electron chi connectivity index (χ0n) is 21.0. The van der Waals surface area contributed by atoms with Crippen LogP contribution in [0, 0.1) is 18.3 Å². The Morgan fingerprint density at radius 3 is 2.63 bits per heavy atom. The zero-order valence-corrected chi connectivity index (χ0v) is 22.5. The first-order valence-electron chi connectivity index (χ1n) is 11.8. The maximum absolute atomic E-state index is 13.6. The Morgan fingerprint density at radius 1 is 1.22 bits per heavy atom. The topological polar surface area (TPSA) is 156 Å². The van der Waals surface area contributed by atoms with Gasteiger partial charge in [0, 0.05) is 23.7 Å². The van der Waals surface area contributed by atoms with E-state index >= 15 is 0 Å². The Labute approximate surface area is 238 Å². The fourth-order valence-electron chi connectivity index (χ4n) is 3.89. The Morgan fingerprint density at radius 2 is 2.00 bits per heavy atom. The highest BCUT2D eigenvalue weighted by Crippen LogP contribution is 2.27. The van der Waals surface area contributed by atoms with E-state index in [0.717, 1.165) is 16.2 Å². The van der Waals surface area contributed by atoms with Crippen LogP contribution in [0.5, 0.6) is 0 Å². The Kier molecular flexibility index (Phi) is 7.65. The summed E-state index contributed by atoms with van der Waals surface area (Å²) in [6.07, 6.45) is -3.37. The van der Waals surface area contributed by atoms with Crippen molar-refractivity contribution >= 4 is 40.9 Å². The summed E-state index contributed by atoms with van der Waals surface area (Å²) < 4.78 is 39.9. The number of pyridine rings is 1. The van der Waals surface area contributed by atoms with Crippen LogP contribution in [0.4, 0.5) is 18.9 Å². The predicted molar refractivity (Wildman–Crippen MR) is 141 cm³/mol. The molecule has 0 bridgehead atoms. The van der Waals surface area contributed by atoms with Crippen LogP contribution in [-0.4, -0.2) is 64.3 Å². The molecule has 0 radical (unpaired) electrons. The number of nitriles is 1. The van der Waals surface area contributed by atoms with Crippen molar-refractivity contribution in [1.29, 1.82) is 5.26 Å². The minimum Gasteiger partial charge on any atom is -0.348 e. The van der Waals surface area contributed by atoms with Crippen molar-refractivity contribution < 1.29 is 22.8 Å². The monoisotopic (exact) mass is 602 g/mol. The molecule has 0 saturated carbocycles. The number of halogens is 4. The zero-order chi connectivity index (χ0) is 29.3. The van der Waals surface area contributed by atoms with Gasteiger partial charge in [0.1, 0.15) is 12.2 Å². The number of carbonyl (C=O) groups is 2. The van der Waals surface area contributed by atoms with Gasteiger partial charge < -0.3 is 10.6 Å². The molecule has 210 valence electrons. The van der Waals surface area contributed by atoms with Gasteiger partial charge in [0.15, 0.2) is 5.82 Å². The number of nitrogens with zero attached hydrogens (tertiary/aromatic N) is 8. The van der Waals surface area contributed by atoms with Crippen molar-refractivity contribution in [2.75, 3.05) is 16.8 Å². The van der Waals surface area contributed by atoms with Gasteiger partial charge in [-0.05, 0) is 48.0 Å². The molecule has 0 atom stereocenters. The number of benzene rings is 1. The molecular weight excluding hydrogens is 585 g/mol. The predicted octanol–water partition coefficient (Wildman–Crippen LogP) is 3.25. The number of carbonyl (C=O) groups excluding carboxylic acids is 2. The Hall–Kier alpha value is -4.49. The van der Waals surface area contributed by atoms with Gasteiger partial charge in [0.25, 0.3) is 17.6 Å². The SMILES string of the molecule is Cc1cc(C#N)cc(C(=O)NC2CSC2)c1NC(=O)c1cc(Cn2nnc(C(F)(F)F)n2)nn1-c1ncccc1Cl. The van der Waals surface area contributed by atoms with Gasteiger partial charge in [0.2, 0.25) is 0 Å². The van der Waals surface area contributed by atoms with E-state index in [9.17, 15) is 28.0 Å². The lowest BCUT2D eigenvalue weighted by molar-refractivity contribution is -0.145. The third-order valence-electron chi connectivity index (χ3n) is 5.86. The standard InChI is InChI=1S/C24H18ClF3N10O2S/c1-12-5-13(8-29)6-16(21(39)31-15-10-41-11-15)19(12)32-22(40)18-7-14(9-37-35-23(33-36-37)24(26,27)28)34-38(18)20-17(25)3-2-4-30-20/h2-7,15H,9-11H2,1H3,(H,31,39)(H,32,40). The lowest BCUT2D eigenvalue weighted by Crippen LogP contribution is -2.44. The van der Waals surface area contributed by atoms with Crippen molar-refractivity contribution in [1.82, 2.24) is 40.3 Å². The molecule has 0 spiro atoms. The van der Waals surface area contributed by atoms with E-state index in [4.69, 9.17) is 11.6 Å². The van der Waals surface area contributed by atoms with Gasteiger partial charge >= 0.3 is 6.18 Å². The number of alkyl halides is 3. The van der Waals surface area contributed by atoms with E-state index in [0.29, 0.717) is 10.4 Å². The Bertz CT molecular complexity index is 1690. The van der Waals surface area contributed by atoms with Crippen LogP contribution in [-0.2, 0) is 12.7 Å². The quantitative estimate of drug-likeness (QED) is 0.324. The minimum absolute atomic E-state index is 0.0272. The van der Waals surface area contributed by atoms with Gasteiger partial charge in [-0.1, -0.05) is 11.6 Å². The van der Waals surface area contributed by atoms with E-state index in [2.05, 4.69) is 36.1 Å². The second kappa shape index (κ2) is 11.2. The molecule has 0 unspecified atom stereocenters. The van der Waals surface area contributed by atoms with Crippen LogP contribution < -0.4 is 10.6 Å². The maximum Gasteiger partial charge on any atom is 0.455 e. The van der Waals surface area contributed by atoms with Gasteiger partial charge in [-0.25, -0.2) is 9.67 Å². The number of rotatable bonds is 7. The Balaban J connectivity index is 1.51. The fourth-order valence-corrected chi connectivity index (χ4v) is 4.73. The van der Waals surface area contributed by atoms with Crippen molar-refractivity contribution in [3.63, 3.8) is 0 Å². The van der Waals surface area contributed by atoms with E-state index in [-0.39, 0.29) is 51.6 Å². The first-order chi connectivity index (χ1) is 19.5. The summed E-state index contributed by atoms with van der Waals surface area (Å²) in [5, 5.41) is 29.2. The molecule has 0 aliphatic carbocycles. The molecule has 2 N–H and O–H groups in total. The van der Waals surface area contributed by atoms with E-state index in [1.165, 1.54) is 30.5 Å². The highest BCUT2D eigenvalue weighted by molar-refractivity contribution is 8.00. The number of tetrazole rings is 1. The van der Waals surface area contributed by atoms with Gasteiger partial charge in [-0.15, -0.1) is 10.2 Å². The van der Waals surface area contributed by atoms with Gasteiger partial charge in [-0.3, -0.25) is 9.59 Å². The van der Waals surface area contributed by atoms with Crippen LogP contribution >= 0.6 is 23.4 Å². The summed E-state index contributed by atoms with van der Waals surface area (Å²) in [4.78, 5) is 31.6. The molecule has 12 nitrogen and oxygen atoms in total. The van der Waals surface area contributed by atoms with Crippen LogP contribution in [0.3, 0.4) is 0 Å². The van der Waals surface area contributed by atoms with E-state index in [1.54, 1.807) is 24.8 Å². The molecule has 3 aromatic heterocycles. The first-order valence-corrected chi connectivity index (χ1v) is 13.4. The number of hydrogen-bond acceptors (Lipinski definition) is 9. The number of aromatic nitrogens is 7.